The number of aromatic nitrogens is 3. The predicted molar refractivity (Wildman–Crippen MR) is 102 cm³/mol. The molecule has 1 saturated carbocycles. The second kappa shape index (κ2) is 7.12. The van der Waals surface area contributed by atoms with Gasteiger partial charge in [0.1, 0.15) is 0 Å². The molecule has 3 heterocycles. The highest BCUT2D eigenvalue weighted by atomic mass is 32.1. The molecule has 1 aliphatic carbocycles. The van der Waals surface area contributed by atoms with E-state index in [4.69, 9.17) is 4.98 Å². The van der Waals surface area contributed by atoms with Gasteiger partial charge in [0.2, 0.25) is 0 Å². The minimum atomic E-state index is 0.0285. The summed E-state index contributed by atoms with van der Waals surface area (Å²) in [7, 11) is 3.78. The van der Waals surface area contributed by atoms with Gasteiger partial charge in [-0.3, -0.25) is 14.4 Å². The van der Waals surface area contributed by atoms with Crippen molar-refractivity contribution in [3.05, 3.63) is 33.5 Å². The van der Waals surface area contributed by atoms with Crippen LogP contribution in [0.2, 0.25) is 0 Å². The minimum Gasteiger partial charge on any atom is -0.337 e. The summed E-state index contributed by atoms with van der Waals surface area (Å²) in [6.45, 7) is 4.93. The molecule has 26 heavy (non-hydrogen) atoms. The van der Waals surface area contributed by atoms with Crippen LogP contribution in [-0.4, -0.2) is 56.7 Å². The maximum Gasteiger partial charge on any atom is 0.274 e. The fourth-order valence-electron chi connectivity index (χ4n) is 3.62. The fourth-order valence-corrected chi connectivity index (χ4v) is 4.60. The molecule has 0 radical (unpaired) electrons. The number of hydrogen-bond donors (Lipinski definition) is 0. The Bertz CT molecular complexity index is 766. The Morgan fingerprint density at radius 1 is 1.31 bits per heavy atom. The highest BCUT2D eigenvalue weighted by Crippen LogP contribution is 2.41. The molecule has 2 aliphatic rings. The summed E-state index contributed by atoms with van der Waals surface area (Å²) in [5.74, 6) is 0.773. The molecule has 140 valence electrons. The molecule has 2 aromatic rings. The summed E-state index contributed by atoms with van der Waals surface area (Å²) >= 11 is 1.82. The molecule has 1 aliphatic heterocycles. The number of hydrogen-bond acceptors (Lipinski definition) is 5. The minimum absolute atomic E-state index is 0.0285. The van der Waals surface area contributed by atoms with E-state index < -0.39 is 0 Å². The summed E-state index contributed by atoms with van der Waals surface area (Å²) in [6, 6.07) is 2.16. The van der Waals surface area contributed by atoms with E-state index in [1.165, 1.54) is 23.5 Å². The molecule has 0 atom stereocenters. The van der Waals surface area contributed by atoms with Crippen LogP contribution in [0.5, 0.6) is 0 Å². The Kier molecular flexibility index (Phi) is 4.84. The normalized spacial score (nSPS) is 19.0. The van der Waals surface area contributed by atoms with Gasteiger partial charge in [-0.1, -0.05) is 0 Å². The Labute approximate surface area is 158 Å². The number of rotatable bonds is 5. The lowest BCUT2D eigenvalue weighted by Crippen LogP contribution is -2.45. The average molecular weight is 374 g/mol. The van der Waals surface area contributed by atoms with E-state index in [1.54, 1.807) is 4.68 Å². The maximum absolute atomic E-state index is 12.7. The summed E-state index contributed by atoms with van der Waals surface area (Å²) in [4.78, 5) is 21.8. The maximum atomic E-state index is 12.7. The highest BCUT2D eigenvalue weighted by Gasteiger charge is 2.29. The van der Waals surface area contributed by atoms with Gasteiger partial charge in [0.15, 0.2) is 5.69 Å². The molecule has 0 bridgehead atoms. The molecule has 1 saturated heterocycles. The van der Waals surface area contributed by atoms with E-state index in [-0.39, 0.29) is 5.91 Å². The van der Waals surface area contributed by atoms with Gasteiger partial charge >= 0.3 is 0 Å². The molecule has 6 nitrogen and oxygen atoms in total. The lowest BCUT2D eigenvalue weighted by molar-refractivity contribution is 0.0629. The van der Waals surface area contributed by atoms with Crippen molar-refractivity contribution in [3.63, 3.8) is 0 Å². The summed E-state index contributed by atoms with van der Waals surface area (Å²) < 4.78 is 1.76. The molecular weight excluding hydrogens is 346 g/mol. The molecule has 0 unspecified atom stereocenters. The number of piperidine rings is 1. The van der Waals surface area contributed by atoms with Crippen LogP contribution >= 0.6 is 11.3 Å². The number of aryl methyl sites for hydroxylation is 2. The fraction of sp³-hybridized carbons (Fsp3) is 0.632. The van der Waals surface area contributed by atoms with Crippen molar-refractivity contribution in [1.29, 1.82) is 0 Å². The molecule has 2 aromatic heterocycles. The number of nitrogens with zero attached hydrogens (tertiary/aromatic N) is 5. The van der Waals surface area contributed by atoms with Gasteiger partial charge in [0.25, 0.3) is 5.91 Å². The third-order valence-electron chi connectivity index (χ3n) is 5.64. The van der Waals surface area contributed by atoms with Crippen molar-refractivity contribution in [2.24, 2.45) is 7.05 Å². The van der Waals surface area contributed by atoms with E-state index in [2.05, 4.69) is 15.4 Å². The van der Waals surface area contributed by atoms with Crippen LogP contribution in [0, 0.1) is 6.92 Å². The number of likely N-dealkylation sites (tertiary alicyclic amines) is 1. The molecular formula is C19H27N5OS. The van der Waals surface area contributed by atoms with Gasteiger partial charge in [-0.15, -0.1) is 11.3 Å². The van der Waals surface area contributed by atoms with E-state index >= 15 is 0 Å². The van der Waals surface area contributed by atoms with E-state index in [0.29, 0.717) is 11.7 Å². The number of carbonyl (C=O) groups excluding carboxylic acids is 1. The van der Waals surface area contributed by atoms with Gasteiger partial charge in [0.05, 0.1) is 10.7 Å². The van der Waals surface area contributed by atoms with Crippen LogP contribution in [0.15, 0.2) is 11.4 Å². The lowest BCUT2D eigenvalue weighted by atomic mass is 10.0. The van der Waals surface area contributed by atoms with Crippen LogP contribution in [0.1, 0.15) is 58.5 Å². The van der Waals surface area contributed by atoms with Crippen molar-refractivity contribution in [2.75, 3.05) is 20.1 Å². The number of amides is 1. The zero-order valence-corrected chi connectivity index (χ0v) is 16.6. The molecule has 0 aromatic carbocycles. The quantitative estimate of drug-likeness (QED) is 0.809. The Hall–Kier alpha value is -1.73. The van der Waals surface area contributed by atoms with Crippen molar-refractivity contribution in [2.45, 2.75) is 51.1 Å². The van der Waals surface area contributed by atoms with Gasteiger partial charge in [0, 0.05) is 56.8 Å². The molecule has 0 N–H and O–H groups in total. The van der Waals surface area contributed by atoms with Crippen LogP contribution in [0.25, 0.3) is 0 Å². The van der Waals surface area contributed by atoms with Gasteiger partial charge < -0.3 is 4.90 Å². The first kappa shape index (κ1) is 17.7. The molecule has 0 spiro atoms. The first-order valence-electron chi connectivity index (χ1n) is 9.45. The largest absolute Gasteiger partial charge is 0.337 e. The Morgan fingerprint density at radius 3 is 2.65 bits per heavy atom. The SMILES string of the molecule is Cc1cc(C(=O)N(C)C2CCN(Cc3csc(C4CC4)n3)CC2)nn1C. The molecule has 2 fully saturated rings. The topological polar surface area (TPSA) is 54.3 Å². The Balaban J connectivity index is 1.30. The summed E-state index contributed by atoms with van der Waals surface area (Å²) in [5, 5.41) is 7.87. The van der Waals surface area contributed by atoms with Gasteiger partial charge in [-0.25, -0.2) is 4.98 Å². The van der Waals surface area contributed by atoms with Crippen LogP contribution in [0.3, 0.4) is 0 Å². The summed E-state index contributed by atoms with van der Waals surface area (Å²) in [5.41, 5.74) is 2.76. The second-order valence-corrected chi connectivity index (χ2v) is 8.56. The Morgan fingerprint density at radius 2 is 2.04 bits per heavy atom. The monoisotopic (exact) mass is 373 g/mol. The lowest BCUT2D eigenvalue weighted by Gasteiger charge is -2.36. The van der Waals surface area contributed by atoms with Gasteiger partial charge in [-0.2, -0.15) is 5.10 Å². The van der Waals surface area contributed by atoms with E-state index in [9.17, 15) is 4.79 Å². The zero-order chi connectivity index (χ0) is 18.3. The average Bonchev–Trinajstić information content (AvgIpc) is 3.30. The third kappa shape index (κ3) is 3.69. The molecule has 4 rings (SSSR count). The zero-order valence-electron chi connectivity index (χ0n) is 15.8. The van der Waals surface area contributed by atoms with Crippen molar-refractivity contribution >= 4 is 17.2 Å². The van der Waals surface area contributed by atoms with Crippen molar-refractivity contribution < 1.29 is 4.79 Å². The van der Waals surface area contributed by atoms with Crippen molar-refractivity contribution in [3.8, 4) is 0 Å². The third-order valence-corrected chi connectivity index (χ3v) is 6.70. The number of carbonyl (C=O) groups is 1. The first-order chi connectivity index (χ1) is 12.5. The van der Waals surface area contributed by atoms with Crippen molar-refractivity contribution in [1.82, 2.24) is 24.6 Å². The first-order valence-corrected chi connectivity index (χ1v) is 10.3. The van der Waals surface area contributed by atoms with Crippen LogP contribution in [0.4, 0.5) is 0 Å². The molecule has 7 heteroatoms. The standard InChI is InChI=1S/C19H27N5OS/c1-13-10-17(21-23(13)3)19(25)22(2)16-6-8-24(9-7-16)11-15-12-26-18(20-15)14-4-5-14/h10,12,14,16H,4-9,11H2,1-3H3. The van der Waals surface area contributed by atoms with Crippen LogP contribution < -0.4 is 0 Å². The summed E-state index contributed by atoms with van der Waals surface area (Å²) in [6.07, 6.45) is 4.64. The second-order valence-electron chi connectivity index (χ2n) is 7.67. The van der Waals surface area contributed by atoms with Crippen LogP contribution in [-0.2, 0) is 13.6 Å². The van der Waals surface area contributed by atoms with Gasteiger partial charge in [-0.05, 0) is 38.7 Å². The number of thiazole rings is 1. The van der Waals surface area contributed by atoms with E-state index in [0.717, 1.165) is 44.1 Å². The van der Waals surface area contributed by atoms with E-state index in [1.807, 2.05) is 43.3 Å². The predicted octanol–water partition coefficient (Wildman–Crippen LogP) is 2.80. The highest BCUT2D eigenvalue weighted by molar-refractivity contribution is 7.09. The smallest absolute Gasteiger partial charge is 0.274 e. The molecule has 1 amide bonds.